The predicted octanol–water partition coefficient (Wildman–Crippen LogP) is 12.8. The van der Waals surface area contributed by atoms with E-state index < -0.39 is 0 Å². The average molecular weight is 629 g/mol. The lowest BCUT2D eigenvalue weighted by atomic mass is 9.98. The molecule has 10 aromatic rings. The fourth-order valence-corrected chi connectivity index (χ4v) is 7.26. The van der Waals surface area contributed by atoms with Gasteiger partial charge in [-0.1, -0.05) is 115 Å². The van der Waals surface area contributed by atoms with Crippen LogP contribution in [0.15, 0.2) is 179 Å². The first-order valence-electron chi connectivity index (χ1n) is 16.5. The van der Waals surface area contributed by atoms with Gasteiger partial charge in [0.25, 0.3) is 0 Å². The SMILES string of the molecule is c1ccc(N(c2ccc(-c3cccc4ccccc34)cc2)c2cccc3oc4cccc(-c5nc6c(ccc7ccccc76)o5)c4c23)cc1. The van der Waals surface area contributed by atoms with Crippen molar-refractivity contribution < 1.29 is 8.83 Å². The minimum Gasteiger partial charge on any atom is -0.456 e. The number of para-hydroxylation sites is 1. The highest BCUT2D eigenvalue weighted by atomic mass is 16.3. The summed E-state index contributed by atoms with van der Waals surface area (Å²) in [6, 6.07) is 59.1. The normalized spacial score (nSPS) is 11.7. The molecule has 0 fully saturated rings. The van der Waals surface area contributed by atoms with Crippen molar-refractivity contribution in [2.45, 2.75) is 0 Å². The summed E-state index contributed by atoms with van der Waals surface area (Å²) in [6.45, 7) is 0. The van der Waals surface area contributed by atoms with Gasteiger partial charge in [0.05, 0.1) is 11.1 Å². The first-order valence-corrected chi connectivity index (χ1v) is 16.5. The molecule has 0 amide bonds. The minimum absolute atomic E-state index is 0.570. The molecule has 0 spiro atoms. The lowest BCUT2D eigenvalue weighted by Crippen LogP contribution is -2.10. The molecule has 0 radical (unpaired) electrons. The quantitative estimate of drug-likeness (QED) is 0.190. The molecule has 0 bridgehead atoms. The summed E-state index contributed by atoms with van der Waals surface area (Å²) in [7, 11) is 0. The summed E-state index contributed by atoms with van der Waals surface area (Å²) in [5, 5.41) is 6.65. The zero-order valence-corrected chi connectivity index (χ0v) is 26.4. The van der Waals surface area contributed by atoms with Crippen molar-refractivity contribution in [1.82, 2.24) is 4.98 Å². The van der Waals surface area contributed by atoms with E-state index in [2.05, 4.69) is 132 Å². The van der Waals surface area contributed by atoms with Crippen LogP contribution in [0.1, 0.15) is 0 Å². The fraction of sp³-hybridized carbons (Fsp3) is 0. The molecule has 0 N–H and O–H groups in total. The Kier molecular flexibility index (Phi) is 6.15. The Labute approximate surface area is 282 Å². The van der Waals surface area contributed by atoms with Crippen LogP contribution in [-0.4, -0.2) is 4.98 Å². The molecular formula is C45H28N2O2. The molecule has 0 aliphatic heterocycles. The molecule has 4 nitrogen and oxygen atoms in total. The summed E-state index contributed by atoms with van der Waals surface area (Å²) < 4.78 is 13.0. The predicted molar refractivity (Wildman–Crippen MR) is 202 cm³/mol. The van der Waals surface area contributed by atoms with E-state index in [1.54, 1.807) is 0 Å². The monoisotopic (exact) mass is 628 g/mol. The number of oxazole rings is 1. The van der Waals surface area contributed by atoms with Crippen LogP contribution in [0, 0.1) is 0 Å². The van der Waals surface area contributed by atoms with Crippen molar-refractivity contribution in [3.63, 3.8) is 0 Å². The zero-order chi connectivity index (χ0) is 32.3. The number of anilines is 3. The molecule has 8 aromatic carbocycles. The van der Waals surface area contributed by atoms with E-state index in [-0.39, 0.29) is 0 Å². The molecule has 0 saturated carbocycles. The highest BCUT2D eigenvalue weighted by Crippen LogP contribution is 2.46. The molecule has 0 atom stereocenters. The van der Waals surface area contributed by atoms with Gasteiger partial charge >= 0.3 is 0 Å². The zero-order valence-electron chi connectivity index (χ0n) is 26.4. The lowest BCUT2D eigenvalue weighted by Gasteiger charge is -2.26. The van der Waals surface area contributed by atoms with Gasteiger partial charge in [-0.05, 0) is 81.9 Å². The van der Waals surface area contributed by atoms with Crippen LogP contribution in [0.3, 0.4) is 0 Å². The molecule has 10 rings (SSSR count). The first-order chi connectivity index (χ1) is 24.3. The van der Waals surface area contributed by atoms with Crippen LogP contribution < -0.4 is 4.90 Å². The van der Waals surface area contributed by atoms with E-state index >= 15 is 0 Å². The van der Waals surface area contributed by atoms with Gasteiger partial charge < -0.3 is 13.7 Å². The van der Waals surface area contributed by atoms with Crippen LogP contribution in [0.4, 0.5) is 17.1 Å². The van der Waals surface area contributed by atoms with Gasteiger partial charge in [0.1, 0.15) is 16.7 Å². The Morgan fingerprint density at radius 2 is 1.04 bits per heavy atom. The van der Waals surface area contributed by atoms with Crippen LogP contribution in [0.2, 0.25) is 0 Å². The van der Waals surface area contributed by atoms with Crippen LogP contribution >= 0.6 is 0 Å². The maximum absolute atomic E-state index is 6.54. The van der Waals surface area contributed by atoms with E-state index in [9.17, 15) is 0 Å². The van der Waals surface area contributed by atoms with E-state index in [1.165, 1.54) is 21.9 Å². The van der Waals surface area contributed by atoms with Crippen molar-refractivity contribution in [2.75, 3.05) is 4.90 Å². The number of hydrogen-bond acceptors (Lipinski definition) is 4. The first kappa shape index (κ1) is 27.5. The number of benzene rings is 8. The second-order valence-corrected chi connectivity index (χ2v) is 12.3. The Balaban J connectivity index is 1.18. The average Bonchev–Trinajstić information content (AvgIpc) is 3.78. The van der Waals surface area contributed by atoms with Gasteiger partial charge in [-0.3, -0.25) is 0 Å². The van der Waals surface area contributed by atoms with E-state index in [1.807, 2.05) is 42.5 Å². The Hall–Kier alpha value is -6.65. The number of nitrogens with zero attached hydrogens (tertiary/aromatic N) is 2. The third-order valence-corrected chi connectivity index (χ3v) is 9.50. The largest absolute Gasteiger partial charge is 0.456 e. The number of hydrogen-bond donors (Lipinski definition) is 0. The van der Waals surface area contributed by atoms with Gasteiger partial charge in [0.15, 0.2) is 5.58 Å². The molecule has 0 aliphatic carbocycles. The highest BCUT2D eigenvalue weighted by Gasteiger charge is 2.23. The summed E-state index contributed by atoms with van der Waals surface area (Å²) in [6.07, 6.45) is 0. The Bertz CT molecular complexity index is 2820. The second kappa shape index (κ2) is 11.0. The van der Waals surface area contributed by atoms with Crippen LogP contribution in [0.5, 0.6) is 0 Å². The van der Waals surface area contributed by atoms with E-state index in [4.69, 9.17) is 13.8 Å². The molecule has 0 aliphatic rings. The van der Waals surface area contributed by atoms with Gasteiger partial charge in [-0.25, -0.2) is 4.98 Å². The van der Waals surface area contributed by atoms with E-state index in [0.29, 0.717) is 5.89 Å². The molecular weight excluding hydrogens is 601 g/mol. The topological polar surface area (TPSA) is 42.4 Å². The third kappa shape index (κ3) is 4.42. The maximum Gasteiger partial charge on any atom is 0.228 e. The Morgan fingerprint density at radius 3 is 1.88 bits per heavy atom. The smallest absolute Gasteiger partial charge is 0.228 e. The van der Waals surface area contributed by atoms with Crippen molar-refractivity contribution >= 4 is 71.6 Å². The fourth-order valence-electron chi connectivity index (χ4n) is 7.26. The molecule has 0 unspecified atom stereocenters. The minimum atomic E-state index is 0.570. The number of fused-ring (bicyclic) bond motifs is 7. The molecule has 2 heterocycles. The van der Waals surface area contributed by atoms with Crippen molar-refractivity contribution in [3.05, 3.63) is 170 Å². The van der Waals surface area contributed by atoms with Gasteiger partial charge in [0.2, 0.25) is 5.89 Å². The van der Waals surface area contributed by atoms with Crippen LogP contribution in [0.25, 0.3) is 77.2 Å². The number of furan rings is 1. The number of rotatable bonds is 5. The van der Waals surface area contributed by atoms with Crippen molar-refractivity contribution in [3.8, 4) is 22.6 Å². The van der Waals surface area contributed by atoms with Crippen LogP contribution in [-0.2, 0) is 0 Å². The summed E-state index contributed by atoms with van der Waals surface area (Å²) >= 11 is 0. The lowest BCUT2D eigenvalue weighted by molar-refractivity contribution is 0.620. The molecule has 4 heteroatoms. The number of aromatic nitrogens is 1. The van der Waals surface area contributed by atoms with Crippen molar-refractivity contribution in [2.24, 2.45) is 0 Å². The summed E-state index contributed by atoms with van der Waals surface area (Å²) in [4.78, 5) is 7.38. The molecule has 230 valence electrons. The molecule has 49 heavy (non-hydrogen) atoms. The summed E-state index contributed by atoms with van der Waals surface area (Å²) in [5.41, 5.74) is 9.59. The van der Waals surface area contributed by atoms with E-state index in [0.717, 1.165) is 66.4 Å². The second-order valence-electron chi connectivity index (χ2n) is 12.3. The highest BCUT2D eigenvalue weighted by molar-refractivity contribution is 6.18. The molecule has 0 saturated heterocycles. The molecule has 2 aromatic heterocycles. The van der Waals surface area contributed by atoms with Crippen molar-refractivity contribution in [1.29, 1.82) is 0 Å². The summed E-state index contributed by atoms with van der Waals surface area (Å²) in [5.74, 6) is 0.570. The third-order valence-electron chi connectivity index (χ3n) is 9.50. The maximum atomic E-state index is 6.54. The van der Waals surface area contributed by atoms with Gasteiger partial charge in [0, 0.05) is 27.7 Å². The Morgan fingerprint density at radius 1 is 0.408 bits per heavy atom. The van der Waals surface area contributed by atoms with Gasteiger partial charge in [-0.15, -0.1) is 0 Å². The standard InChI is InChI=1S/C45H28N2O2/c1-2-14-32(15-3-1)47(33-26-23-31(24-27-33)35-18-8-13-29-11-4-6-16-34(29)35)38-20-10-22-40-43(38)42-37(19-9-21-39(42)48-40)45-46-44-36-17-7-5-12-30(36)25-28-41(44)49-45/h1-28H. The van der Waals surface area contributed by atoms with Gasteiger partial charge in [-0.2, -0.15) is 0 Å².